The number of benzene rings is 1. The van der Waals surface area contributed by atoms with Crippen LogP contribution in [-0.2, 0) is 10.0 Å². The minimum Gasteiger partial charge on any atom is -0.490 e. The van der Waals surface area contributed by atoms with Crippen LogP contribution in [0.2, 0.25) is 0 Å². The number of nitrogens with zero attached hydrogens (tertiary/aromatic N) is 2. The van der Waals surface area contributed by atoms with Crippen molar-refractivity contribution in [2.75, 3.05) is 19.3 Å². The molecule has 0 saturated carbocycles. The Labute approximate surface area is 117 Å². The Morgan fingerprint density at radius 3 is 2.25 bits per heavy atom. The summed E-state index contributed by atoms with van der Waals surface area (Å²) >= 11 is 0. The Morgan fingerprint density at radius 2 is 1.80 bits per heavy atom. The average Bonchev–Trinajstić information content (AvgIpc) is 2.39. The third kappa shape index (κ3) is 3.67. The molecule has 0 radical (unpaired) electrons. The monoisotopic (exact) mass is 300 g/mol. The van der Waals surface area contributed by atoms with Crippen LogP contribution in [0.15, 0.2) is 24.3 Å². The summed E-state index contributed by atoms with van der Waals surface area (Å²) in [6.45, 7) is 0.882. The lowest BCUT2D eigenvalue weighted by Gasteiger charge is -2.30. The van der Waals surface area contributed by atoms with Gasteiger partial charge in [0.2, 0.25) is 10.0 Å². The zero-order valence-corrected chi connectivity index (χ0v) is 11.9. The number of nitro benzene ring substituents is 1. The van der Waals surface area contributed by atoms with E-state index in [1.165, 1.54) is 22.7 Å². The molecule has 0 aliphatic carbocycles. The lowest BCUT2D eigenvalue weighted by Crippen LogP contribution is -2.41. The summed E-state index contributed by atoms with van der Waals surface area (Å²) in [7, 11) is -3.13. The molecule has 1 aliphatic rings. The SMILES string of the molecule is CS(=O)(=O)N1CCC(Oc2ccc([N+](=O)[O-])cc2)CC1. The molecule has 1 saturated heterocycles. The molecule has 0 aromatic heterocycles. The van der Waals surface area contributed by atoms with Crippen molar-refractivity contribution in [3.8, 4) is 5.75 Å². The molecule has 8 heteroatoms. The van der Waals surface area contributed by atoms with E-state index in [0.29, 0.717) is 31.7 Å². The van der Waals surface area contributed by atoms with E-state index in [2.05, 4.69) is 0 Å². The standard InChI is InChI=1S/C12H16N2O5S/c1-20(17,18)13-8-6-12(7-9-13)19-11-4-2-10(3-5-11)14(15)16/h2-5,12H,6-9H2,1H3. The van der Waals surface area contributed by atoms with E-state index in [-0.39, 0.29) is 11.8 Å². The van der Waals surface area contributed by atoms with E-state index >= 15 is 0 Å². The molecule has 110 valence electrons. The van der Waals surface area contributed by atoms with E-state index in [0.717, 1.165) is 0 Å². The molecule has 2 rings (SSSR count). The van der Waals surface area contributed by atoms with Crippen LogP contribution in [0.1, 0.15) is 12.8 Å². The summed E-state index contributed by atoms with van der Waals surface area (Å²) < 4.78 is 29.9. The first-order valence-electron chi connectivity index (χ1n) is 6.22. The highest BCUT2D eigenvalue weighted by Crippen LogP contribution is 2.22. The highest BCUT2D eigenvalue weighted by molar-refractivity contribution is 7.88. The van der Waals surface area contributed by atoms with E-state index in [4.69, 9.17) is 4.74 Å². The second-order valence-electron chi connectivity index (χ2n) is 4.73. The minimum atomic E-state index is -3.13. The average molecular weight is 300 g/mol. The van der Waals surface area contributed by atoms with Crippen LogP contribution in [0, 0.1) is 10.1 Å². The van der Waals surface area contributed by atoms with Crippen molar-refractivity contribution in [2.24, 2.45) is 0 Å². The smallest absolute Gasteiger partial charge is 0.269 e. The van der Waals surface area contributed by atoms with Gasteiger partial charge < -0.3 is 4.74 Å². The normalized spacial score (nSPS) is 17.9. The third-order valence-corrected chi connectivity index (χ3v) is 4.52. The van der Waals surface area contributed by atoms with Crippen molar-refractivity contribution < 1.29 is 18.1 Å². The van der Waals surface area contributed by atoms with Crippen LogP contribution in [0.4, 0.5) is 5.69 Å². The fourth-order valence-corrected chi connectivity index (χ4v) is 2.99. The molecular formula is C12H16N2O5S. The Bertz CT molecular complexity index is 576. The second kappa shape index (κ2) is 5.76. The van der Waals surface area contributed by atoms with Crippen LogP contribution < -0.4 is 4.74 Å². The van der Waals surface area contributed by atoms with Gasteiger partial charge in [-0.1, -0.05) is 0 Å². The van der Waals surface area contributed by atoms with Crippen LogP contribution >= 0.6 is 0 Å². The van der Waals surface area contributed by atoms with Gasteiger partial charge in [-0.25, -0.2) is 12.7 Å². The number of hydrogen-bond acceptors (Lipinski definition) is 5. The molecule has 1 aromatic carbocycles. The molecule has 0 bridgehead atoms. The predicted molar refractivity (Wildman–Crippen MR) is 73.2 cm³/mol. The van der Waals surface area contributed by atoms with Crippen molar-refractivity contribution in [2.45, 2.75) is 18.9 Å². The third-order valence-electron chi connectivity index (χ3n) is 3.22. The molecule has 20 heavy (non-hydrogen) atoms. The quantitative estimate of drug-likeness (QED) is 0.619. The van der Waals surface area contributed by atoms with E-state index < -0.39 is 14.9 Å². The Kier molecular flexibility index (Phi) is 4.24. The summed E-state index contributed by atoms with van der Waals surface area (Å²) in [6, 6.07) is 5.89. The number of rotatable bonds is 4. The van der Waals surface area contributed by atoms with Gasteiger partial charge in [0.05, 0.1) is 11.2 Å². The van der Waals surface area contributed by atoms with Crippen molar-refractivity contribution in [1.82, 2.24) is 4.31 Å². The van der Waals surface area contributed by atoms with Gasteiger partial charge in [0.1, 0.15) is 11.9 Å². The highest BCUT2D eigenvalue weighted by Gasteiger charge is 2.25. The Morgan fingerprint density at radius 1 is 1.25 bits per heavy atom. The molecule has 1 aliphatic heterocycles. The lowest BCUT2D eigenvalue weighted by atomic mass is 10.1. The summed E-state index contributed by atoms with van der Waals surface area (Å²) in [5.74, 6) is 0.563. The van der Waals surface area contributed by atoms with Crippen molar-refractivity contribution >= 4 is 15.7 Å². The summed E-state index contributed by atoms with van der Waals surface area (Å²) in [4.78, 5) is 10.1. The fraction of sp³-hybridized carbons (Fsp3) is 0.500. The number of ether oxygens (including phenoxy) is 1. The number of piperidine rings is 1. The van der Waals surface area contributed by atoms with Gasteiger partial charge in [0.15, 0.2) is 0 Å². The molecule has 7 nitrogen and oxygen atoms in total. The zero-order chi connectivity index (χ0) is 14.8. The van der Waals surface area contributed by atoms with E-state index in [1.807, 2.05) is 0 Å². The zero-order valence-electron chi connectivity index (χ0n) is 11.1. The molecule has 0 N–H and O–H groups in total. The number of nitro groups is 1. The van der Waals surface area contributed by atoms with Crippen LogP contribution in [0.25, 0.3) is 0 Å². The van der Waals surface area contributed by atoms with Crippen LogP contribution in [0.5, 0.6) is 5.75 Å². The molecule has 0 spiro atoms. The Balaban J connectivity index is 1.91. The molecule has 1 aromatic rings. The van der Waals surface area contributed by atoms with Gasteiger partial charge in [0, 0.05) is 25.2 Å². The minimum absolute atomic E-state index is 0.0178. The maximum atomic E-state index is 11.4. The van der Waals surface area contributed by atoms with Crippen molar-refractivity contribution in [3.05, 3.63) is 34.4 Å². The highest BCUT2D eigenvalue weighted by atomic mass is 32.2. The van der Waals surface area contributed by atoms with Crippen molar-refractivity contribution in [3.63, 3.8) is 0 Å². The van der Waals surface area contributed by atoms with Gasteiger partial charge in [-0.2, -0.15) is 0 Å². The summed E-state index contributed by atoms with van der Waals surface area (Å²) in [6.07, 6.45) is 2.37. The van der Waals surface area contributed by atoms with Gasteiger partial charge >= 0.3 is 0 Å². The summed E-state index contributed by atoms with van der Waals surface area (Å²) in [5, 5.41) is 10.5. The van der Waals surface area contributed by atoms with Gasteiger partial charge in [-0.05, 0) is 25.0 Å². The second-order valence-corrected chi connectivity index (χ2v) is 6.71. The first-order valence-corrected chi connectivity index (χ1v) is 8.07. The van der Waals surface area contributed by atoms with E-state index in [1.54, 1.807) is 12.1 Å². The fourth-order valence-electron chi connectivity index (χ4n) is 2.12. The molecule has 1 heterocycles. The van der Waals surface area contributed by atoms with Gasteiger partial charge in [0.25, 0.3) is 5.69 Å². The molecule has 1 fully saturated rings. The van der Waals surface area contributed by atoms with Crippen LogP contribution in [0.3, 0.4) is 0 Å². The molecular weight excluding hydrogens is 284 g/mol. The molecule has 0 atom stereocenters. The molecule has 0 amide bonds. The topological polar surface area (TPSA) is 89.8 Å². The Hall–Kier alpha value is -1.67. The first-order chi connectivity index (χ1) is 9.36. The van der Waals surface area contributed by atoms with Gasteiger partial charge in [-0.3, -0.25) is 10.1 Å². The maximum Gasteiger partial charge on any atom is 0.269 e. The maximum absolute atomic E-state index is 11.4. The van der Waals surface area contributed by atoms with Gasteiger partial charge in [-0.15, -0.1) is 0 Å². The van der Waals surface area contributed by atoms with E-state index in [9.17, 15) is 18.5 Å². The lowest BCUT2D eigenvalue weighted by molar-refractivity contribution is -0.384. The summed E-state index contributed by atoms with van der Waals surface area (Å²) in [5.41, 5.74) is 0.0178. The number of sulfonamides is 1. The molecule has 0 unspecified atom stereocenters. The first kappa shape index (κ1) is 14.7. The number of hydrogen-bond donors (Lipinski definition) is 0. The van der Waals surface area contributed by atoms with Crippen LogP contribution in [-0.4, -0.2) is 43.1 Å². The number of non-ortho nitro benzene ring substituents is 1. The largest absolute Gasteiger partial charge is 0.490 e. The van der Waals surface area contributed by atoms with Crippen molar-refractivity contribution in [1.29, 1.82) is 0 Å². The predicted octanol–water partition coefficient (Wildman–Crippen LogP) is 1.40.